The van der Waals surface area contributed by atoms with Gasteiger partial charge in [0, 0.05) is 0 Å². The maximum atomic E-state index is 2.30. The topological polar surface area (TPSA) is 0 Å². The zero-order chi connectivity index (χ0) is 7.28. The van der Waals surface area contributed by atoms with Crippen LogP contribution in [0.2, 0.25) is 0 Å². The third-order valence-electron chi connectivity index (χ3n) is 1.47. The molecule has 0 saturated heterocycles. The van der Waals surface area contributed by atoms with Gasteiger partial charge in [-0.05, 0) is 11.8 Å². The third kappa shape index (κ3) is 5.61. The van der Waals surface area contributed by atoms with Crippen LogP contribution in [0.3, 0.4) is 0 Å². The van der Waals surface area contributed by atoms with Crippen molar-refractivity contribution in [3.8, 4) is 0 Å². The lowest BCUT2D eigenvalue weighted by molar-refractivity contribution is 0.686. The van der Waals surface area contributed by atoms with Gasteiger partial charge in [0.25, 0.3) is 0 Å². The van der Waals surface area contributed by atoms with Crippen LogP contribution < -0.4 is 0 Å². The quantitative estimate of drug-likeness (QED) is 0.509. The third-order valence-corrected chi connectivity index (χ3v) is 1.47. The summed E-state index contributed by atoms with van der Waals surface area (Å²) >= 11 is 0. The second-order valence-electron chi connectivity index (χ2n) is 3.01. The first-order valence-corrected chi connectivity index (χ1v) is 3.85. The Kier molecular flexibility index (Phi) is 4.47. The van der Waals surface area contributed by atoms with Gasteiger partial charge in [0.15, 0.2) is 0 Å². The van der Waals surface area contributed by atoms with E-state index in [1.165, 1.54) is 6.42 Å². The number of hydrogen-bond donors (Lipinski definition) is 0. The highest BCUT2D eigenvalue weighted by Gasteiger charge is 1.90. The van der Waals surface area contributed by atoms with E-state index >= 15 is 0 Å². The second-order valence-corrected chi connectivity index (χ2v) is 3.01. The van der Waals surface area contributed by atoms with Gasteiger partial charge in [0.1, 0.15) is 0 Å². The molecule has 0 aliphatic heterocycles. The Balaban J connectivity index is 3.43. The molecule has 0 aromatic rings. The van der Waals surface area contributed by atoms with Crippen molar-refractivity contribution in [2.24, 2.45) is 11.8 Å². The molecule has 1 atom stereocenters. The fourth-order valence-corrected chi connectivity index (χ4v) is 0.548. The summed E-state index contributed by atoms with van der Waals surface area (Å²) in [6.07, 6.45) is 5.82. The summed E-state index contributed by atoms with van der Waals surface area (Å²) in [5.74, 6) is 1.46. The lowest BCUT2D eigenvalue weighted by atomic mass is 10.1. The molecule has 0 N–H and O–H groups in total. The van der Waals surface area contributed by atoms with Crippen molar-refractivity contribution in [2.75, 3.05) is 0 Å². The molecule has 0 nitrogen and oxygen atoms in total. The number of hydrogen-bond acceptors (Lipinski definition) is 0. The molecular weight excluding hydrogens is 108 g/mol. The van der Waals surface area contributed by atoms with E-state index in [9.17, 15) is 0 Å². The van der Waals surface area contributed by atoms with Gasteiger partial charge in [0.2, 0.25) is 0 Å². The van der Waals surface area contributed by atoms with Crippen molar-refractivity contribution in [3.05, 3.63) is 12.2 Å². The molecule has 0 fully saturated rings. The number of allylic oxidation sites excluding steroid dienone is 2. The fourth-order valence-electron chi connectivity index (χ4n) is 0.548. The molecule has 0 heterocycles. The van der Waals surface area contributed by atoms with Crippen molar-refractivity contribution in [1.29, 1.82) is 0 Å². The van der Waals surface area contributed by atoms with E-state index in [4.69, 9.17) is 0 Å². The molecule has 0 aliphatic carbocycles. The molecule has 0 heteroatoms. The summed E-state index contributed by atoms with van der Waals surface area (Å²) in [6.45, 7) is 8.88. The van der Waals surface area contributed by atoms with Crippen molar-refractivity contribution in [1.82, 2.24) is 0 Å². The molecule has 1 unspecified atom stereocenters. The molecule has 0 rings (SSSR count). The normalized spacial score (nSPS) is 15.2. The summed E-state index contributed by atoms with van der Waals surface area (Å²) < 4.78 is 0. The zero-order valence-electron chi connectivity index (χ0n) is 7.02. The standard InChI is InChI=1S/C9H18/c1-5-9(4)7-6-8(2)3/h6-9H,5H2,1-4H3/b7-6-. The average molecular weight is 126 g/mol. The van der Waals surface area contributed by atoms with E-state index < -0.39 is 0 Å². The summed E-state index contributed by atoms with van der Waals surface area (Å²) in [6, 6.07) is 0. The Morgan fingerprint density at radius 2 is 1.67 bits per heavy atom. The maximum Gasteiger partial charge on any atom is -0.0264 e. The zero-order valence-corrected chi connectivity index (χ0v) is 7.02. The SMILES string of the molecule is CCC(C)/C=C\C(C)C. The van der Waals surface area contributed by atoms with Crippen LogP contribution in [0, 0.1) is 11.8 Å². The maximum absolute atomic E-state index is 2.30. The van der Waals surface area contributed by atoms with Crippen LogP contribution in [-0.2, 0) is 0 Å². The Morgan fingerprint density at radius 3 is 2.00 bits per heavy atom. The minimum absolute atomic E-state index is 0.707. The molecular formula is C9H18. The highest BCUT2D eigenvalue weighted by atomic mass is 14.0. The number of rotatable bonds is 3. The smallest absolute Gasteiger partial charge is 0.0264 e. The molecule has 0 aliphatic rings. The van der Waals surface area contributed by atoms with Gasteiger partial charge in [-0.2, -0.15) is 0 Å². The van der Waals surface area contributed by atoms with E-state index in [1.54, 1.807) is 0 Å². The monoisotopic (exact) mass is 126 g/mol. The molecule has 0 aromatic heterocycles. The second kappa shape index (κ2) is 4.60. The van der Waals surface area contributed by atoms with Crippen LogP contribution in [0.25, 0.3) is 0 Å². The van der Waals surface area contributed by atoms with Crippen molar-refractivity contribution in [2.45, 2.75) is 34.1 Å². The van der Waals surface area contributed by atoms with Crippen LogP contribution in [0.5, 0.6) is 0 Å². The van der Waals surface area contributed by atoms with E-state index in [0.717, 1.165) is 5.92 Å². The highest BCUT2D eigenvalue weighted by molar-refractivity contribution is 4.87. The van der Waals surface area contributed by atoms with Gasteiger partial charge in [-0.3, -0.25) is 0 Å². The summed E-state index contributed by atoms with van der Waals surface area (Å²) in [7, 11) is 0. The molecule has 0 spiro atoms. The molecule has 0 saturated carbocycles. The Labute approximate surface area is 59.0 Å². The van der Waals surface area contributed by atoms with Crippen LogP contribution in [0.1, 0.15) is 34.1 Å². The van der Waals surface area contributed by atoms with Gasteiger partial charge < -0.3 is 0 Å². The summed E-state index contributed by atoms with van der Waals surface area (Å²) in [5.41, 5.74) is 0. The van der Waals surface area contributed by atoms with Crippen molar-refractivity contribution < 1.29 is 0 Å². The minimum atomic E-state index is 0.707. The predicted octanol–water partition coefficient (Wildman–Crippen LogP) is 3.24. The van der Waals surface area contributed by atoms with Gasteiger partial charge in [-0.1, -0.05) is 46.3 Å². The fraction of sp³-hybridized carbons (Fsp3) is 0.778. The van der Waals surface area contributed by atoms with Crippen LogP contribution in [0.4, 0.5) is 0 Å². The Bertz CT molecular complexity index is 80.0. The van der Waals surface area contributed by atoms with Gasteiger partial charge in [-0.15, -0.1) is 0 Å². The van der Waals surface area contributed by atoms with Crippen LogP contribution >= 0.6 is 0 Å². The summed E-state index contributed by atoms with van der Waals surface area (Å²) in [5, 5.41) is 0. The molecule has 0 radical (unpaired) electrons. The van der Waals surface area contributed by atoms with E-state index in [1.807, 2.05) is 0 Å². The lowest BCUT2D eigenvalue weighted by Crippen LogP contribution is -1.86. The van der Waals surface area contributed by atoms with E-state index in [2.05, 4.69) is 39.8 Å². The Hall–Kier alpha value is -0.260. The first kappa shape index (κ1) is 8.74. The largest absolute Gasteiger partial charge is 0.0857 e. The lowest BCUT2D eigenvalue weighted by Gasteiger charge is -2.00. The molecule has 0 amide bonds. The van der Waals surface area contributed by atoms with Crippen molar-refractivity contribution >= 4 is 0 Å². The first-order chi connectivity index (χ1) is 4.16. The predicted molar refractivity (Wildman–Crippen MR) is 43.4 cm³/mol. The molecule has 9 heavy (non-hydrogen) atoms. The van der Waals surface area contributed by atoms with Crippen LogP contribution in [-0.4, -0.2) is 0 Å². The molecule has 54 valence electrons. The van der Waals surface area contributed by atoms with Crippen LogP contribution in [0.15, 0.2) is 12.2 Å². The summed E-state index contributed by atoms with van der Waals surface area (Å²) in [4.78, 5) is 0. The average Bonchev–Trinajstić information content (AvgIpc) is 1.83. The van der Waals surface area contributed by atoms with Gasteiger partial charge in [-0.25, -0.2) is 0 Å². The Morgan fingerprint density at radius 1 is 1.11 bits per heavy atom. The first-order valence-electron chi connectivity index (χ1n) is 3.85. The molecule has 0 bridgehead atoms. The van der Waals surface area contributed by atoms with Gasteiger partial charge >= 0.3 is 0 Å². The van der Waals surface area contributed by atoms with Gasteiger partial charge in [0.05, 0.1) is 0 Å². The van der Waals surface area contributed by atoms with E-state index in [-0.39, 0.29) is 0 Å². The van der Waals surface area contributed by atoms with E-state index in [0.29, 0.717) is 5.92 Å². The molecule has 0 aromatic carbocycles. The highest BCUT2D eigenvalue weighted by Crippen LogP contribution is 2.04. The van der Waals surface area contributed by atoms with Crippen molar-refractivity contribution in [3.63, 3.8) is 0 Å². The minimum Gasteiger partial charge on any atom is -0.0857 e.